The molecule has 0 aromatic rings. The zero-order valence-corrected chi connectivity index (χ0v) is 11.2. The van der Waals surface area contributed by atoms with Crippen LogP contribution in [0.5, 0.6) is 0 Å². The normalized spacial score (nSPS) is 30.5. The van der Waals surface area contributed by atoms with Crippen LogP contribution in [0.4, 0.5) is 0 Å². The van der Waals surface area contributed by atoms with E-state index in [4.69, 9.17) is 0 Å². The predicted molar refractivity (Wildman–Crippen MR) is 69.6 cm³/mol. The van der Waals surface area contributed by atoms with Crippen LogP contribution in [0.15, 0.2) is 0 Å². The van der Waals surface area contributed by atoms with Crippen molar-refractivity contribution in [3.8, 4) is 0 Å². The largest absolute Gasteiger partial charge is 0.326 e. The van der Waals surface area contributed by atoms with E-state index < -0.39 is 0 Å². The van der Waals surface area contributed by atoms with E-state index in [-0.39, 0.29) is 12.2 Å². The first-order valence-electron chi connectivity index (χ1n) is 7.29. The molecule has 2 aliphatic rings. The zero-order valence-electron chi connectivity index (χ0n) is 11.2. The van der Waals surface area contributed by atoms with Gasteiger partial charge in [0.15, 0.2) is 0 Å². The van der Waals surface area contributed by atoms with E-state index in [2.05, 4.69) is 24.1 Å². The van der Waals surface area contributed by atoms with Crippen molar-refractivity contribution in [2.45, 2.75) is 71.0 Å². The van der Waals surface area contributed by atoms with E-state index in [1.807, 2.05) is 0 Å². The molecule has 3 nitrogen and oxygen atoms in total. The average Bonchev–Trinajstić information content (AvgIpc) is 2.88. The molecule has 0 bridgehead atoms. The molecule has 0 spiro atoms. The van der Waals surface area contributed by atoms with Crippen molar-refractivity contribution in [2.75, 3.05) is 6.54 Å². The Bertz CT molecular complexity index is 261. The number of hydrogen-bond donors (Lipinski definition) is 1. The molecule has 0 aromatic carbocycles. The molecule has 1 amide bonds. The highest BCUT2D eigenvalue weighted by atomic mass is 16.2. The van der Waals surface area contributed by atoms with Crippen molar-refractivity contribution in [3.05, 3.63) is 0 Å². The van der Waals surface area contributed by atoms with E-state index >= 15 is 0 Å². The second kappa shape index (κ2) is 5.85. The van der Waals surface area contributed by atoms with Gasteiger partial charge in [0.2, 0.25) is 5.91 Å². The van der Waals surface area contributed by atoms with Crippen molar-refractivity contribution < 1.29 is 4.79 Å². The minimum atomic E-state index is 0.0820. The van der Waals surface area contributed by atoms with E-state index in [0.29, 0.717) is 5.91 Å². The Morgan fingerprint density at radius 3 is 2.65 bits per heavy atom. The summed E-state index contributed by atoms with van der Waals surface area (Å²) in [5.41, 5.74) is 0. The Hall–Kier alpha value is -0.570. The molecule has 1 aliphatic heterocycles. The monoisotopic (exact) mass is 238 g/mol. The van der Waals surface area contributed by atoms with Gasteiger partial charge in [-0.2, -0.15) is 0 Å². The smallest absolute Gasteiger partial charge is 0.241 e. The highest BCUT2D eigenvalue weighted by Gasteiger charge is 2.35. The van der Waals surface area contributed by atoms with Crippen LogP contribution in [0.2, 0.25) is 0 Å². The molecule has 1 heterocycles. The number of hydrogen-bond acceptors (Lipinski definition) is 2. The van der Waals surface area contributed by atoms with Crippen molar-refractivity contribution in [3.63, 3.8) is 0 Å². The first kappa shape index (κ1) is 12.9. The van der Waals surface area contributed by atoms with E-state index in [1.54, 1.807) is 0 Å². The lowest BCUT2D eigenvalue weighted by atomic mass is 10.0. The summed E-state index contributed by atoms with van der Waals surface area (Å²) in [4.78, 5) is 14.2. The average molecular weight is 238 g/mol. The van der Waals surface area contributed by atoms with Crippen molar-refractivity contribution in [1.82, 2.24) is 10.2 Å². The summed E-state index contributed by atoms with van der Waals surface area (Å²) in [5, 5.41) is 3.41. The van der Waals surface area contributed by atoms with Gasteiger partial charge in [0.25, 0.3) is 0 Å². The van der Waals surface area contributed by atoms with Crippen molar-refractivity contribution in [1.29, 1.82) is 0 Å². The van der Waals surface area contributed by atoms with Gasteiger partial charge in [0, 0.05) is 6.54 Å². The maximum atomic E-state index is 12.2. The molecule has 2 unspecified atom stereocenters. The van der Waals surface area contributed by atoms with Gasteiger partial charge in [-0.3, -0.25) is 10.1 Å². The molecular formula is C14H26N2O. The van der Waals surface area contributed by atoms with Gasteiger partial charge in [0.1, 0.15) is 0 Å². The van der Waals surface area contributed by atoms with Crippen LogP contribution < -0.4 is 5.32 Å². The second-order valence-corrected chi connectivity index (χ2v) is 5.65. The SMILES string of the molecule is CCCC1NC(C)N(CCC2CCCC2)C1=O. The molecule has 1 saturated heterocycles. The minimum Gasteiger partial charge on any atom is -0.326 e. The first-order valence-corrected chi connectivity index (χ1v) is 7.29. The molecule has 3 heteroatoms. The summed E-state index contributed by atoms with van der Waals surface area (Å²) >= 11 is 0. The van der Waals surface area contributed by atoms with E-state index in [9.17, 15) is 4.79 Å². The van der Waals surface area contributed by atoms with Gasteiger partial charge in [0.05, 0.1) is 12.2 Å². The third-order valence-electron chi connectivity index (χ3n) is 4.32. The number of nitrogens with zero attached hydrogens (tertiary/aromatic N) is 1. The minimum absolute atomic E-state index is 0.0820. The highest BCUT2D eigenvalue weighted by molar-refractivity contribution is 5.84. The van der Waals surface area contributed by atoms with Crippen LogP contribution in [0.25, 0.3) is 0 Å². The van der Waals surface area contributed by atoms with Crippen LogP contribution in [0.1, 0.15) is 58.8 Å². The van der Waals surface area contributed by atoms with E-state index in [1.165, 1.54) is 32.1 Å². The molecule has 98 valence electrons. The van der Waals surface area contributed by atoms with Crippen LogP contribution in [-0.2, 0) is 4.79 Å². The fourth-order valence-corrected chi connectivity index (χ4v) is 3.26. The summed E-state index contributed by atoms with van der Waals surface area (Å²) in [6.45, 7) is 5.21. The Kier molecular flexibility index (Phi) is 4.43. The Labute approximate surface area is 105 Å². The molecule has 2 atom stereocenters. The first-order chi connectivity index (χ1) is 8.22. The number of carbonyl (C=O) groups excluding carboxylic acids is 1. The predicted octanol–water partition coefficient (Wildman–Crippen LogP) is 2.51. The van der Waals surface area contributed by atoms with Crippen molar-refractivity contribution >= 4 is 5.91 Å². The molecule has 1 aliphatic carbocycles. The van der Waals surface area contributed by atoms with Gasteiger partial charge in [-0.05, 0) is 25.7 Å². The topological polar surface area (TPSA) is 32.3 Å². The fourth-order valence-electron chi connectivity index (χ4n) is 3.26. The van der Waals surface area contributed by atoms with Gasteiger partial charge in [-0.1, -0.05) is 39.0 Å². The maximum absolute atomic E-state index is 12.2. The summed E-state index contributed by atoms with van der Waals surface area (Å²) < 4.78 is 0. The maximum Gasteiger partial charge on any atom is 0.241 e. The Balaban J connectivity index is 1.81. The summed E-state index contributed by atoms with van der Waals surface area (Å²) in [6, 6.07) is 0.0820. The molecular weight excluding hydrogens is 212 g/mol. The molecule has 1 saturated carbocycles. The van der Waals surface area contributed by atoms with Gasteiger partial charge < -0.3 is 4.90 Å². The van der Waals surface area contributed by atoms with Crippen LogP contribution >= 0.6 is 0 Å². The van der Waals surface area contributed by atoms with Crippen LogP contribution in [0, 0.1) is 5.92 Å². The lowest BCUT2D eigenvalue weighted by Crippen LogP contribution is -2.36. The van der Waals surface area contributed by atoms with E-state index in [0.717, 1.165) is 25.3 Å². The quantitative estimate of drug-likeness (QED) is 0.798. The molecule has 2 fully saturated rings. The number of carbonyl (C=O) groups is 1. The summed E-state index contributed by atoms with van der Waals surface area (Å²) in [7, 11) is 0. The lowest BCUT2D eigenvalue weighted by Gasteiger charge is -2.22. The molecule has 1 N–H and O–H groups in total. The van der Waals surface area contributed by atoms with Crippen LogP contribution in [-0.4, -0.2) is 29.6 Å². The van der Waals surface area contributed by atoms with Crippen molar-refractivity contribution in [2.24, 2.45) is 5.92 Å². The Morgan fingerprint density at radius 2 is 2.00 bits per heavy atom. The number of nitrogens with one attached hydrogen (secondary N) is 1. The fraction of sp³-hybridized carbons (Fsp3) is 0.929. The van der Waals surface area contributed by atoms with Crippen LogP contribution in [0.3, 0.4) is 0 Å². The molecule has 2 rings (SSSR count). The lowest BCUT2D eigenvalue weighted by molar-refractivity contribution is -0.130. The van der Waals surface area contributed by atoms with Gasteiger partial charge in [-0.15, -0.1) is 0 Å². The van der Waals surface area contributed by atoms with Gasteiger partial charge >= 0.3 is 0 Å². The molecule has 17 heavy (non-hydrogen) atoms. The third kappa shape index (κ3) is 3.01. The zero-order chi connectivity index (χ0) is 12.3. The summed E-state index contributed by atoms with van der Waals surface area (Å²) in [5.74, 6) is 1.21. The van der Waals surface area contributed by atoms with Gasteiger partial charge in [-0.25, -0.2) is 0 Å². The molecule has 0 aromatic heterocycles. The highest BCUT2D eigenvalue weighted by Crippen LogP contribution is 2.28. The number of amides is 1. The second-order valence-electron chi connectivity index (χ2n) is 5.65. The standard InChI is InChI=1S/C14H26N2O/c1-3-6-13-14(17)16(11(2)15-13)10-9-12-7-4-5-8-12/h11-13,15H,3-10H2,1-2H3. The molecule has 0 radical (unpaired) electrons. The third-order valence-corrected chi connectivity index (χ3v) is 4.32. The number of rotatable bonds is 5. The Morgan fingerprint density at radius 1 is 1.29 bits per heavy atom. The summed E-state index contributed by atoms with van der Waals surface area (Å²) in [6.07, 6.45) is 9.03.